The summed E-state index contributed by atoms with van der Waals surface area (Å²) in [6.07, 6.45) is 5.40. The summed E-state index contributed by atoms with van der Waals surface area (Å²) < 4.78 is 0. The molecule has 2 rings (SSSR count). The maximum atomic E-state index is 11.1. The molecule has 1 aliphatic rings. The molecule has 1 aliphatic heterocycles. The molecular weight excluding hydrogens is 188 g/mol. The second-order valence-corrected chi connectivity index (χ2v) is 4.23. The highest BCUT2D eigenvalue weighted by Gasteiger charge is 2.15. The third kappa shape index (κ3) is 2.48. The van der Waals surface area contributed by atoms with Gasteiger partial charge in [-0.15, -0.1) is 0 Å². The summed E-state index contributed by atoms with van der Waals surface area (Å²) >= 11 is 0. The second-order valence-electron chi connectivity index (χ2n) is 4.23. The minimum absolute atomic E-state index is 0.0239. The molecule has 82 valence electrons. The Balaban J connectivity index is 2.07. The van der Waals surface area contributed by atoms with E-state index in [2.05, 4.69) is 16.8 Å². The fourth-order valence-electron chi connectivity index (χ4n) is 2.09. The van der Waals surface area contributed by atoms with Gasteiger partial charge in [0.05, 0.1) is 0 Å². The molecular formula is C12H18N2O. The Labute approximate surface area is 90.1 Å². The van der Waals surface area contributed by atoms with Gasteiger partial charge in [-0.05, 0) is 30.5 Å². The van der Waals surface area contributed by atoms with Gasteiger partial charge in [-0.1, -0.05) is 13.3 Å². The maximum Gasteiger partial charge on any atom is 0.248 e. The van der Waals surface area contributed by atoms with Crippen molar-refractivity contribution in [1.82, 2.24) is 9.88 Å². The number of nitrogens with zero attached hydrogens (tertiary/aromatic N) is 1. The third-order valence-electron chi connectivity index (χ3n) is 3.03. The van der Waals surface area contributed by atoms with Gasteiger partial charge in [-0.2, -0.15) is 0 Å². The van der Waals surface area contributed by atoms with Crippen LogP contribution in [0.1, 0.15) is 30.9 Å². The number of nitrogens with one attached hydrogen (secondary N) is 1. The zero-order valence-corrected chi connectivity index (χ0v) is 9.25. The van der Waals surface area contributed by atoms with Crippen LogP contribution in [-0.2, 0) is 13.0 Å². The first-order valence-corrected chi connectivity index (χ1v) is 5.72. The third-order valence-corrected chi connectivity index (χ3v) is 3.03. The van der Waals surface area contributed by atoms with E-state index in [1.165, 1.54) is 30.5 Å². The highest BCUT2D eigenvalue weighted by molar-refractivity contribution is 5.25. The highest BCUT2D eigenvalue weighted by Crippen LogP contribution is 2.16. The van der Waals surface area contributed by atoms with Gasteiger partial charge < -0.3 is 4.98 Å². The quantitative estimate of drug-likeness (QED) is 0.814. The van der Waals surface area contributed by atoms with Gasteiger partial charge >= 0.3 is 0 Å². The highest BCUT2D eigenvalue weighted by atomic mass is 16.1. The first-order valence-electron chi connectivity index (χ1n) is 5.72. The minimum Gasteiger partial charge on any atom is -0.329 e. The van der Waals surface area contributed by atoms with Gasteiger partial charge in [0.1, 0.15) is 0 Å². The summed E-state index contributed by atoms with van der Waals surface area (Å²) in [6, 6.07) is 1.74. The zero-order valence-electron chi connectivity index (χ0n) is 9.25. The van der Waals surface area contributed by atoms with Gasteiger partial charge in [0.2, 0.25) is 5.56 Å². The standard InChI is InChI=1S/C12H18N2O/c1-2-3-5-14-6-4-10-7-12(15)13-8-11(10)9-14/h7-8H,2-6,9H2,1H3,(H,13,15). The Morgan fingerprint density at radius 1 is 1.47 bits per heavy atom. The van der Waals surface area contributed by atoms with Gasteiger partial charge in [0.15, 0.2) is 0 Å². The van der Waals surface area contributed by atoms with Crippen LogP contribution in [0, 0.1) is 0 Å². The molecule has 0 amide bonds. The van der Waals surface area contributed by atoms with E-state index in [0.29, 0.717) is 0 Å². The van der Waals surface area contributed by atoms with Gasteiger partial charge in [0.25, 0.3) is 0 Å². The van der Waals surface area contributed by atoms with E-state index in [-0.39, 0.29) is 5.56 Å². The summed E-state index contributed by atoms with van der Waals surface area (Å²) in [6.45, 7) is 5.48. The van der Waals surface area contributed by atoms with Crippen molar-refractivity contribution in [2.24, 2.45) is 0 Å². The Morgan fingerprint density at radius 3 is 3.13 bits per heavy atom. The topological polar surface area (TPSA) is 36.1 Å². The molecule has 0 atom stereocenters. The van der Waals surface area contributed by atoms with E-state index in [0.717, 1.165) is 19.5 Å². The molecule has 2 heterocycles. The van der Waals surface area contributed by atoms with Crippen molar-refractivity contribution in [1.29, 1.82) is 0 Å². The molecule has 0 unspecified atom stereocenters. The monoisotopic (exact) mass is 206 g/mol. The number of H-pyrrole nitrogens is 1. The van der Waals surface area contributed by atoms with Crippen LogP contribution >= 0.6 is 0 Å². The molecule has 3 heteroatoms. The molecule has 3 nitrogen and oxygen atoms in total. The summed E-state index contributed by atoms with van der Waals surface area (Å²) in [7, 11) is 0. The lowest BCUT2D eigenvalue weighted by Gasteiger charge is -2.28. The van der Waals surface area contributed by atoms with Gasteiger partial charge in [0, 0.05) is 25.4 Å². The van der Waals surface area contributed by atoms with E-state index in [1.54, 1.807) is 6.07 Å². The summed E-state index contributed by atoms with van der Waals surface area (Å²) in [5.74, 6) is 0. The van der Waals surface area contributed by atoms with Crippen LogP contribution in [0.15, 0.2) is 17.1 Å². The van der Waals surface area contributed by atoms with Gasteiger partial charge in [-0.25, -0.2) is 0 Å². The fourth-order valence-corrected chi connectivity index (χ4v) is 2.09. The van der Waals surface area contributed by atoms with Crippen molar-refractivity contribution < 1.29 is 0 Å². The van der Waals surface area contributed by atoms with E-state index in [1.807, 2.05) is 6.20 Å². The lowest BCUT2D eigenvalue weighted by Crippen LogP contribution is -2.32. The van der Waals surface area contributed by atoms with E-state index in [4.69, 9.17) is 0 Å². The fraction of sp³-hybridized carbons (Fsp3) is 0.583. The summed E-state index contributed by atoms with van der Waals surface area (Å²) in [4.78, 5) is 16.3. The Morgan fingerprint density at radius 2 is 2.33 bits per heavy atom. The smallest absolute Gasteiger partial charge is 0.248 e. The SMILES string of the molecule is CCCCN1CCc2cc(=O)[nH]cc2C1. The van der Waals surface area contributed by atoms with Crippen molar-refractivity contribution in [2.75, 3.05) is 13.1 Å². The van der Waals surface area contributed by atoms with E-state index < -0.39 is 0 Å². The molecule has 0 fully saturated rings. The van der Waals surface area contributed by atoms with Crippen molar-refractivity contribution in [3.8, 4) is 0 Å². The average Bonchev–Trinajstić information content (AvgIpc) is 2.26. The van der Waals surface area contributed by atoms with Crippen LogP contribution < -0.4 is 5.56 Å². The Bertz CT molecular complexity index is 383. The molecule has 0 aromatic carbocycles. The largest absolute Gasteiger partial charge is 0.329 e. The van der Waals surface area contributed by atoms with Crippen LogP contribution in [0.4, 0.5) is 0 Å². The molecule has 1 aromatic rings. The molecule has 0 spiro atoms. The molecule has 1 N–H and O–H groups in total. The number of pyridine rings is 1. The van der Waals surface area contributed by atoms with Crippen molar-refractivity contribution in [3.63, 3.8) is 0 Å². The number of hydrogen-bond acceptors (Lipinski definition) is 2. The molecule has 0 aliphatic carbocycles. The normalized spacial score (nSPS) is 16.3. The summed E-state index contributed by atoms with van der Waals surface area (Å²) in [5.41, 5.74) is 2.54. The van der Waals surface area contributed by atoms with E-state index in [9.17, 15) is 4.79 Å². The Hall–Kier alpha value is -1.09. The molecule has 0 saturated heterocycles. The summed E-state index contributed by atoms with van der Waals surface area (Å²) in [5, 5.41) is 0. The van der Waals surface area contributed by atoms with Crippen molar-refractivity contribution in [3.05, 3.63) is 33.7 Å². The number of aromatic amines is 1. The predicted molar refractivity (Wildman–Crippen MR) is 61.0 cm³/mol. The van der Waals surface area contributed by atoms with Crippen LogP contribution in [0.25, 0.3) is 0 Å². The average molecular weight is 206 g/mol. The second kappa shape index (κ2) is 4.62. The van der Waals surface area contributed by atoms with Gasteiger partial charge in [-0.3, -0.25) is 9.69 Å². The number of rotatable bonds is 3. The van der Waals surface area contributed by atoms with E-state index >= 15 is 0 Å². The first-order chi connectivity index (χ1) is 7.29. The number of unbranched alkanes of at least 4 members (excludes halogenated alkanes) is 1. The minimum atomic E-state index is 0.0239. The van der Waals surface area contributed by atoms with Crippen LogP contribution in [0.3, 0.4) is 0 Å². The predicted octanol–water partition coefficient (Wildman–Crippen LogP) is 1.53. The number of aromatic nitrogens is 1. The van der Waals surface area contributed by atoms with Crippen LogP contribution in [0.5, 0.6) is 0 Å². The number of fused-ring (bicyclic) bond motifs is 1. The molecule has 0 radical (unpaired) electrons. The maximum absolute atomic E-state index is 11.1. The van der Waals surface area contributed by atoms with Crippen LogP contribution in [0.2, 0.25) is 0 Å². The van der Waals surface area contributed by atoms with Crippen molar-refractivity contribution >= 4 is 0 Å². The number of hydrogen-bond donors (Lipinski definition) is 1. The molecule has 0 saturated carbocycles. The Kier molecular flexibility index (Phi) is 3.21. The molecule has 15 heavy (non-hydrogen) atoms. The first kappa shape index (κ1) is 10.4. The molecule has 0 bridgehead atoms. The molecule has 1 aromatic heterocycles. The zero-order chi connectivity index (χ0) is 10.7. The lowest BCUT2D eigenvalue weighted by atomic mass is 10.0. The van der Waals surface area contributed by atoms with Crippen LogP contribution in [-0.4, -0.2) is 23.0 Å². The lowest BCUT2D eigenvalue weighted by molar-refractivity contribution is 0.250. The van der Waals surface area contributed by atoms with Crippen molar-refractivity contribution in [2.45, 2.75) is 32.7 Å².